The van der Waals surface area contributed by atoms with Crippen molar-refractivity contribution in [2.24, 2.45) is 0 Å². The van der Waals surface area contributed by atoms with E-state index >= 15 is 0 Å². The van der Waals surface area contributed by atoms with Crippen LogP contribution >= 0.6 is 0 Å². The van der Waals surface area contributed by atoms with E-state index in [2.05, 4.69) is 0 Å². The van der Waals surface area contributed by atoms with Crippen molar-refractivity contribution in [1.82, 2.24) is 0 Å². The van der Waals surface area contributed by atoms with Gasteiger partial charge in [-0.25, -0.2) is 0 Å². The number of phenolic OH excluding ortho intramolecular Hbond substituents is 1. The van der Waals surface area contributed by atoms with Gasteiger partial charge in [-0.1, -0.05) is 30.3 Å². The molecule has 3 nitrogen and oxygen atoms in total. The quantitative estimate of drug-likeness (QED) is 0.622. The van der Waals surface area contributed by atoms with Crippen LogP contribution in [0.25, 0.3) is 22.3 Å². The molecule has 3 heteroatoms. The summed E-state index contributed by atoms with van der Waals surface area (Å²) in [6, 6.07) is 20.6. The van der Waals surface area contributed by atoms with Crippen LogP contribution in [0.15, 0.2) is 66.7 Å². The molecule has 5 N–H and O–H groups in total. The monoisotopic (exact) mass is 276 g/mol. The zero-order valence-electron chi connectivity index (χ0n) is 11.5. The number of hydrogen-bond donors (Lipinski definition) is 3. The molecular weight excluding hydrogens is 260 g/mol. The van der Waals surface area contributed by atoms with Gasteiger partial charge < -0.3 is 16.6 Å². The summed E-state index contributed by atoms with van der Waals surface area (Å²) in [6.45, 7) is 0. The SMILES string of the molecule is Nc1ccc(-c2ccc(N)cc2-c2cccc(O)c2)cc1. The normalized spacial score (nSPS) is 10.5. The molecule has 0 aromatic heterocycles. The first-order valence-electron chi connectivity index (χ1n) is 6.68. The molecule has 0 aliphatic heterocycles. The Morgan fingerprint density at radius 3 is 2.05 bits per heavy atom. The minimum atomic E-state index is 0.234. The van der Waals surface area contributed by atoms with E-state index < -0.39 is 0 Å². The molecule has 0 saturated carbocycles. The predicted octanol–water partition coefficient (Wildman–Crippen LogP) is 3.89. The predicted molar refractivity (Wildman–Crippen MR) is 87.8 cm³/mol. The number of rotatable bonds is 2. The highest BCUT2D eigenvalue weighted by molar-refractivity contribution is 5.86. The molecule has 0 fully saturated rings. The first-order valence-corrected chi connectivity index (χ1v) is 6.68. The van der Waals surface area contributed by atoms with Gasteiger partial charge in [-0.3, -0.25) is 0 Å². The summed E-state index contributed by atoms with van der Waals surface area (Å²) in [5.74, 6) is 0.234. The Morgan fingerprint density at radius 2 is 1.33 bits per heavy atom. The number of anilines is 2. The molecule has 0 aliphatic rings. The van der Waals surface area contributed by atoms with Crippen LogP contribution in [0.2, 0.25) is 0 Å². The van der Waals surface area contributed by atoms with Gasteiger partial charge in [0.25, 0.3) is 0 Å². The smallest absolute Gasteiger partial charge is 0.116 e. The van der Waals surface area contributed by atoms with E-state index in [9.17, 15) is 5.11 Å². The molecule has 3 rings (SSSR count). The molecule has 0 heterocycles. The van der Waals surface area contributed by atoms with Gasteiger partial charge in [-0.15, -0.1) is 0 Å². The van der Waals surface area contributed by atoms with Crippen molar-refractivity contribution in [3.8, 4) is 28.0 Å². The average Bonchev–Trinajstić information content (AvgIpc) is 2.48. The lowest BCUT2D eigenvalue weighted by Crippen LogP contribution is -1.90. The van der Waals surface area contributed by atoms with Gasteiger partial charge >= 0.3 is 0 Å². The van der Waals surface area contributed by atoms with Gasteiger partial charge in [0, 0.05) is 11.4 Å². The minimum Gasteiger partial charge on any atom is -0.508 e. The molecule has 0 spiro atoms. The fraction of sp³-hybridized carbons (Fsp3) is 0. The summed E-state index contributed by atoms with van der Waals surface area (Å²) in [5, 5.41) is 9.69. The van der Waals surface area contributed by atoms with Crippen molar-refractivity contribution in [2.75, 3.05) is 11.5 Å². The van der Waals surface area contributed by atoms with Gasteiger partial charge in [-0.2, -0.15) is 0 Å². The number of hydrogen-bond acceptors (Lipinski definition) is 3. The third kappa shape index (κ3) is 2.67. The Morgan fingerprint density at radius 1 is 0.619 bits per heavy atom. The highest BCUT2D eigenvalue weighted by Crippen LogP contribution is 2.35. The molecule has 0 bridgehead atoms. The zero-order chi connectivity index (χ0) is 14.8. The second-order valence-corrected chi connectivity index (χ2v) is 4.98. The second-order valence-electron chi connectivity index (χ2n) is 4.98. The lowest BCUT2D eigenvalue weighted by molar-refractivity contribution is 0.475. The number of nitrogens with two attached hydrogens (primary N) is 2. The Balaban J connectivity index is 2.20. The van der Waals surface area contributed by atoms with Crippen LogP contribution in [0.4, 0.5) is 11.4 Å². The van der Waals surface area contributed by atoms with E-state index in [4.69, 9.17) is 11.5 Å². The minimum absolute atomic E-state index is 0.234. The molecule has 3 aromatic carbocycles. The van der Waals surface area contributed by atoms with Crippen molar-refractivity contribution in [3.05, 3.63) is 66.7 Å². The van der Waals surface area contributed by atoms with Crippen LogP contribution in [0.3, 0.4) is 0 Å². The standard InChI is InChI=1S/C18H16N2O/c19-14-6-4-12(5-7-14)17-9-8-15(20)11-18(17)13-2-1-3-16(21)10-13/h1-11,21H,19-20H2. The highest BCUT2D eigenvalue weighted by Gasteiger charge is 2.08. The van der Waals surface area contributed by atoms with Crippen molar-refractivity contribution >= 4 is 11.4 Å². The third-order valence-corrected chi connectivity index (χ3v) is 3.42. The van der Waals surface area contributed by atoms with Crippen LogP contribution < -0.4 is 11.5 Å². The third-order valence-electron chi connectivity index (χ3n) is 3.42. The van der Waals surface area contributed by atoms with Crippen LogP contribution in [0.1, 0.15) is 0 Å². The Kier molecular flexibility index (Phi) is 3.24. The van der Waals surface area contributed by atoms with E-state index in [1.807, 2.05) is 54.6 Å². The first-order chi connectivity index (χ1) is 10.1. The molecule has 104 valence electrons. The second kappa shape index (κ2) is 5.21. The summed E-state index contributed by atoms with van der Waals surface area (Å²) in [4.78, 5) is 0. The fourth-order valence-corrected chi connectivity index (χ4v) is 2.39. The maximum Gasteiger partial charge on any atom is 0.116 e. The van der Waals surface area contributed by atoms with E-state index in [0.717, 1.165) is 27.9 Å². The Bertz CT molecular complexity index is 779. The average molecular weight is 276 g/mol. The molecule has 3 aromatic rings. The summed E-state index contributed by atoms with van der Waals surface area (Å²) in [7, 11) is 0. The van der Waals surface area contributed by atoms with Gasteiger partial charge in [0.2, 0.25) is 0 Å². The first kappa shape index (κ1) is 13.1. The largest absolute Gasteiger partial charge is 0.508 e. The number of benzene rings is 3. The van der Waals surface area contributed by atoms with Crippen molar-refractivity contribution in [3.63, 3.8) is 0 Å². The fourth-order valence-electron chi connectivity index (χ4n) is 2.39. The number of nitrogen functional groups attached to an aromatic ring is 2. The van der Waals surface area contributed by atoms with E-state index in [-0.39, 0.29) is 5.75 Å². The van der Waals surface area contributed by atoms with Crippen molar-refractivity contribution < 1.29 is 5.11 Å². The lowest BCUT2D eigenvalue weighted by atomic mass is 9.94. The zero-order valence-corrected chi connectivity index (χ0v) is 11.5. The summed E-state index contributed by atoms with van der Waals surface area (Å²) >= 11 is 0. The van der Waals surface area contributed by atoms with Crippen molar-refractivity contribution in [1.29, 1.82) is 0 Å². The van der Waals surface area contributed by atoms with Crippen molar-refractivity contribution in [2.45, 2.75) is 0 Å². The number of aromatic hydroxyl groups is 1. The number of phenols is 1. The molecule has 0 aliphatic carbocycles. The molecule has 0 unspecified atom stereocenters. The molecule has 0 atom stereocenters. The lowest BCUT2D eigenvalue weighted by Gasteiger charge is -2.12. The molecule has 0 amide bonds. The van der Waals surface area contributed by atoms with Gasteiger partial charge in [0.15, 0.2) is 0 Å². The molecule has 0 saturated heterocycles. The van der Waals surface area contributed by atoms with Gasteiger partial charge in [-0.05, 0) is 58.7 Å². The summed E-state index contributed by atoms with van der Waals surface area (Å²) in [6.07, 6.45) is 0. The van der Waals surface area contributed by atoms with E-state index in [1.165, 1.54) is 0 Å². The van der Waals surface area contributed by atoms with Crippen LogP contribution in [-0.2, 0) is 0 Å². The maximum absolute atomic E-state index is 9.69. The molecular formula is C18H16N2O. The molecule has 21 heavy (non-hydrogen) atoms. The van der Waals surface area contributed by atoms with Crippen LogP contribution in [0, 0.1) is 0 Å². The maximum atomic E-state index is 9.69. The van der Waals surface area contributed by atoms with Crippen LogP contribution in [0.5, 0.6) is 5.75 Å². The van der Waals surface area contributed by atoms with Gasteiger partial charge in [0.1, 0.15) is 5.75 Å². The van der Waals surface area contributed by atoms with E-state index in [0.29, 0.717) is 5.69 Å². The van der Waals surface area contributed by atoms with E-state index in [1.54, 1.807) is 12.1 Å². The topological polar surface area (TPSA) is 72.3 Å². The van der Waals surface area contributed by atoms with Gasteiger partial charge in [0.05, 0.1) is 0 Å². The Hall–Kier alpha value is -2.94. The summed E-state index contributed by atoms with van der Waals surface area (Å²) < 4.78 is 0. The highest BCUT2D eigenvalue weighted by atomic mass is 16.3. The Labute approximate surface area is 123 Å². The van der Waals surface area contributed by atoms with Crippen LogP contribution in [-0.4, -0.2) is 5.11 Å². The summed E-state index contributed by atoms with van der Waals surface area (Å²) in [5.41, 5.74) is 17.1. The molecule has 0 radical (unpaired) electrons.